The van der Waals surface area contributed by atoms with Crippen molar-refractivity contribution in [2.24, 2.45) is 0 Å². The van der Waals surface area contributed by atoms with Gasteiger partial charge in [-0.25, -0.2) is 0 Å². The van der Waals surface area contributed by atoms with Crippen molar-refractivity contribution in [2.45, 2.75) is 45.6 Å². The molecule has 15 heavy (non-hydrogen) atoms. The number of fused-ring (bicyclic) bond motifs is 1. The minimum atomic E-state index is 0.666. The van der Waals surface area contributed by atoms with E-state index in [9.17, 15) is 0 Å². The summed E-state index contributed by atoms with van der Waals surface area (Å²) in [4.78, 5) is 0. The Morgan fingerprint density at radius 3 is 3.00 bits per heavy atom. The number of hydrogen-bond acceptors (Lipinski definition) is 1. The largest absolute Gasteiger partial charge is 0.312 e. The second-order valence-corrected chi connectivity index (χ2v) is 4.80. The molecule has 0 aromatic heterocycles. The first-order valence-electron chi connectivity index (χ1n) is 6.05. The van der Waals surface area contributed by atoms with Gasteiger partial charge < -0.3 is 5.32 Å². The van der Waals surface area contributed by atoms with E-state index in [1.807, 2.05) is 0 Å². The highest BCUT2D eigenvalue weighted by atomic mass is 14.9. The summed E-state index contributed by atoms with van der Waals surface area (Å²) >= 11 is 0. The Morgan fingerprint density at radius 2 is 2.27 bits per heavy atom. The maximum atomic E-state index is 3.47. The van der Waals surface area contributed by atoms with Gasteiger partial charge in [-0.05, 0) is 34.9 Å². The van der Waals surface area contributed by atoms with E-state index >= 15 is 0 Å². The average molecular weight is 203 g/mol. The minimum Gasteiger partial charge on any atom is -0.312 e. The van der Waals surface area contributed by atoms with Crippen LogP contribution in [0.1, 0.15) is 55.7 Å². The third kappa shape index (κ3) is 2.07. The van der Waals surface area contributed by atoms with E-state index in [0.29, 0.717) is 11.8 Å². The van der Waals surface area contributed by atoms with Gasteiger partial charge in [0.1, 0.15) is 0 Å². The van der Waals surface area contributed by atoms with Crippen LogP contribution >= 0.6 is 0 Å². The van der Waals surface area contributed by atoms with Crippen molar-refractivity contribution in [2.75, 3.05) is 6.54 Å². The predicted molar refractivity (Wildman–Crippen MR) is 65.3 cm³/mol. The molecule has 0 aliphatic carbocycles. The summed E-state index contributed by atoms with van der Waals surface area (Å²) in [7, 11) is 0. The molecule has 0 fully saturated rings. The van der Waals surface area contributed by atoms with Crippen LogP contribution in [-0.2, 0) is 6.54 Å². The summed E-state index contributed by atoms with van der Waals surface area (Å²) < 4.78 is 0. The molecule has 0 radical (unpaired) electrons. The molecule has 1 heteroatoms. The fraction of sp³-hybridized carbons (Fsp3) is 0.571. The van der Waals surface area contributed by atoms with Gasteiger partial charge in [0.2, 0.25) is 0 Å². The fourth-order valence-electron chi connectivity index (χ4n) is 2.34. The maximum absolute atomic E-state index is 3.47. The van der Waals surface area contributed by atoms with Crippen LogP contribution in [0.25, 0.3) is 0 Å². The van der Waals surface area contributed by atoms with E-state index in [1.54, 1.807) is 5.56 Å². The van der Waals surface area contributed by atoms with Crippen LogP contribution in [-0.4, -0.2) is 6.54 Å². The summed E-state index contributed by atoms with van der Waals surface area (Å²) in [5.41, 5.74) is 4.54. The van der Waals surface area contributed by atoms with Crippen LogP contribution in [0.15, 0.2) is 18.2 Å². The first-order valence-corrected chi connectivity index (χ1v) is 6.05. The third-order valence-electron chi connectivity index (χ3n) is 3.65. The van der Waals surface area contributed by atoms with Crippen LogP contribution in [0.4, 0.5) is 0 Å². The lowest BCUT2D eigenvalue weighted by Gasteiger charge is -2.24. The summed E-state index contributed by atoms with van der Waals surface area (Å²) in [6.45, 7) is 9.03. The van der Waals surface area contributed by atoms with Gasteiger partial charge in [0, 0.05) is 13.1 Å². The zero-order valence-electron chi connectivity index (χ0n) is 10.0. The lowest BCUT2D eigenvalue weighted by molar-refractivity contribution is 0.569. The second kappa shape index (κ2) is 4.36. The van der Waals surface area contributed by atoms with Crippen molar-refractivity contribution in [3.8, 4) is 0 Å². The predicted octanol–water partition coefficient (Wildman–Crippen LogP) is 3.41. The first-order chi connectivity index (χ1) is 7.22. The third-order valence-corrected chi connectivity index (χ3v) is 3.65. The van der Waals surface area contributed by atoms with Crippen LogP contribution in [0.5, 0.6) is 0 Å². The van der Waals surface area contributed by atoms with Crippen LogP contribution in [0, 0.1) is 0 Å². The Morgan fingerprint density at radius 1 is 1.47 bits per heavy atom. The second-order valence-electron chi connectivity index (χ2n) is 4.80. The molecule has 82 valence electrons. The van der Waals surface area contributed by atoms with E-state index in [-0.39, 0.29) is 0 Å². The summed E-state index contributed by atoms with van der Waals surface area (Å²) in [5.74, 6) is 1.35. The fourth-order valence-corrected chi connectivity index (χ4v) is 2.34. The van der Waals surface area contributed by atoms with Crippen molar-refractivity contribution in [3.63, 3.8) is 0 Å². The SMILES string of the molecule is CCC(C)c1ccc2c(c1)CNCC2C. The molecule has 0 spiro atoms. The average Bonchev–Trinajstić information content (AvgIpc) is 2.28. The lowest BCUT2D eigenvalue weighted by atomic mass is 9.88. The highest BCUT2D eigenvalue weighted by Gasteiger charge is 2.16. The van der Waals surface area contributed by atoms with E-state index in [1.165, 1.54) is 17.5 Å². The molecule has 1 N–H and O–H groups in total. The minimum absolute atomic E-state index is 0.666. The Kier molecular flexibility index (Phi) is 3.11. The molecule has 0 saturated carbocycles. The van der Waals surface area contributed by atoms with Gasteiger partial charge in [0.25, 0.3) is 0 Å². The molecule has 2 rings (SSSR count). The van der Waals surface area contributed by atoms with Crippen molar-refractivity contribution >= 4 is 0 Å². The number of benzene rings is 1. The molecule has 1 heterocycles. The van der Waals surface area contributed by atoms with Crippen molar-refractivity contribution < 1.29 is 0 Å². The Hall–Kier alpha value is -0.820. The normalized spacial score (nSPS) is 22.2. The van der Waals surface area contributed by atoms with E-state index in [0.717, 1.165) is 13.1 Å². The molecule has 1 aliphatic heterocycles. The number of nitrogens with one attached hydrogen (secondary N) is 1. The molecule has 0 bridgehead atoms. The van der Waals surface area contributed by atoms with Gasteiger partial charge in [-0.1, -0.05) is 39.0 Å². The van der Waals surface area contributed by atoms with Crippen molar-refractivity contribution in [1.29, 1.82) is 0 Å². The zero-order chi connectivity index (χ0) is 10.8. The molecule has 0 amide bonds. The number of rotatable bonds is 2. The van der Waals surface area contributed by atoms with Crippen LogP contribution in [0.2, 0.25) is 0 Å². The van der Waals surface area contributed by atoms with Crippen LogP contribution < -0.4 is 5.32 Å². The Bertz CT molecular complexity index is 343. The summed E-state index contributed by atoms with van der Waals surface area (Å²) in [5, 5.41) is 3.47. The van der Waals surface area contributed by atoms with Crippen molar-refractivity contribution in [1.82, 2.24) is 5.32 Å². The molecule has 1 nitrogen and oxygen atoms in total. The zero-order valence-corrected chi connectivity index (χ0v) is 10.0. The summed E-state index contributed by atoms with van der Waals surface area (Å²) in [6, 6.07) is 7.04. The molecular formula is C14H21N. The van der Waals surface area contributed by atoms with Gasteiger partial charge >= 0.3 is 0 Å². The van der Waals surface area contributed by atoms with E-state index < -0.39 is 0 Å². The smallest absolute Gasteiger partial charge is 0.0208 e. The quantitative estimate of drug-likeness (QED) is 0.776. The van der Waals surface area contributed by atoms with E-state index in [4.69, 9.17) is 0 Å². The van der Waals surface area contributed by atoms with Crippen molar-refractivity contribution in [3.05, 3.63) is 34.9 Å². The molecule has 1 aromatic carbocycles. The molecule has 2 atom stereocenters. The first kappa shape index (κ1) is 10.7. The standard InChI is InChI=1S/C14H21N/c1-4-10(2)12-5-6-14-11(3)8-15-9-13(14)7-12/h5-7,10-11,15H,4,8-9H2,1-3H3. The van der Waals surface area contributed by atoms with Gasteiger partial charge in [0.15, 0.2) is 0 Å². The van der Waals surface area contributed by atoms with Gasteiger partial charge in [0.05, 0.1) is 0 Å². The highest BCUT2D eigenvalue weighted by Crippen LogP contribution is 2.27. The molecule has 0 saturated heterocycles. The van der Waals surface area contributed by atoms with E-state index in [2.05, 4.69) is 44.3 Å². The maximum Gasteiger partial charge on any atom is 0.0208 e. The highest BCUT2D eigenvalue weighted by molar-refractivity contribution is 5.37. The molecule has 1 aliphatic rings. The molecular weight excluding hydrogens is 182 g/mol. The Labute approximate surface area is 92.9 Å². The van der Waals surface area contributed by atoms with Gasteiger partial charge in [-0.2, -0.15) is 0 Å². The number of hydrogen-bond donors (Lipinski definition) is 1. The molecule has 2 unspecified atom stereocenters. The molecule has 1 aromatic rings. The lowest BCUT2D eigenvalue weighted by Crippen LogP contribution is -2.26. The monoisotopic (exact) mass is 203 g/mol. The summed E-state index contributed by atoms with van der Waals surface area (Å²) in [6.07, 6.45) is 1.22. The van der Waals surface area contributed by atoms with Gasteiger partial charge in [-0.15, -0.1) is 0 Å². The van der Waals surface area contributed by atoms with Crippen LogP contribution in [0.3, 0.4) is 0 Å². The topological polar surface area (TPSA) is 12.0 Å². The Balaban J connectivity index is 2.33. The van der Waals surface area contributed by atoms with Gasteiger partial charge in [-0.3, -0.25) is 0 Å².